The van der Waals surface area contributed by atoms with E-state index in [1.165, 1.54) is 43.1 Å². The highest BCUT2D eigenvalue weighted by Crippen LogP contribution is 2.15. The number of amides is 1. The molecular weight excluding hydrogens is 225 g/mol. The molecule has 0 bridgehead atoms. The van der Waals surface area contributed by atoms with Crippen LogP contribution in [0.15, 0.2) is 24.3 Å². The molecule has 17 heavy (non-hydrogen) atoms. The van der Waals surface area contributed by atoms with Gasteiger partial charge in [0.1, 0.15) is 5.82 Å². The number of nitrogens with zero attached hydrogens (tertiary/aromatic N) is 1. The van der Waals surface area contributed by atoms with Gasteiger partial charge in [-0.15, -0.1) is 0 Å². The molecule has 92 valence electrons. The van der Waals surface area contributed by atoms with Crippen LogP contribution in [-0.4, -0.2) is 24.0 Å². The lowest BCUT2D eigenvalue weighted by Gasteiger charge is -2.18. The van der Waals surface area contributed by atoms with E-state index >= 15 is 0 Å². The maximum absolute atomic E-state index is 12.7. The van der Waals surface area contributed by atoms with Gasteiger partial charge in [0.25, 0.3) is 0 Å². The summed E-state index contributed by atoms with van der Waals surface area (Å²) < 4.78 is 12.7. The minimum atomic E-state index is -1.01. The topological polar surface area (TPSA) is 57.6 Å². The maximum atomic E-state index is 12.7. The predicted molar refractivity (Wildman–Crippen MR) is 61.2 cm³/mol. The molecule has 0 heterocycles. The summed E-state index contributed by atoms with van der Waals surface area (Å²) in [6.45, 7) is 1.47. The fourth-order valence-electron chi connectivity index (χ4n) is 1.29. The first kappa shape index (κ1) is 13.2. The highest BCUT2D eigenvalue weighted by molar-refractivity contribution is 5.94. The first-order valence-electron chi connectivity index (χ1n) is 5.16. The van der Waals surface area contributed by atoms with E-state index in [-0.39, 0.29) is 18.1 Å². The van der Waals surface area contributed by atoms with Crippen LogP contribution in [0.5, 0.6) is 0 Å². The highest BCUT2D eigenvalue weighted by atomic mass is 19.1. The Balaban J connectivity index is 2.70. The van der Waals surface area contributed by atoms with Crippen LogP contribution in [0.25, 0.3) is 0 Å². The third-order valence-electron chi connectivity index (χ3n) is 2.49. The van der Waals surface area contributed by atoms with E-state index in [2.05, 4.69) is 0 Å². The van der Waals surface area contributed by atoms with Crippen LogP contribution in [0.1, 0.15) is 13.3 Å². The van der Waals surface area contributed by atoms with Crippen molar-refractivity contribution in [3.05, 3.63) is 30.1 Å². The van der Waals surface area contributed by atoms with Crippen LogP contribution in [0.4, 0.5) is 10.1 Å². The molecule has 1 aromatic rings. The third kappa shape index (κ3) is 3.55. The summed E-state index contributed by atoms with van der Waals surface area (Å²) in [6.07, 6.45) is -0.0801. The Hall–Kier alpha value is -1.91. The zero-order valence-electron chi connectivity index (χ0n) is 9.68. The lowest BCUT2D eigenvalue weighted by molar-refractivity contribution is -0.143. The Morgan fingerprint density at radius 1 is 1.35 bits per heavy atom. The van der Waals surface area contributed by atoms with E-state index in [4.69, 9.17) is 5.11 Å². The lowest BCUT2D eigenvalue weighted by Crippen LogP contribution is -2.29. The van der Waals surface area contributed by atoms with Gasteiger partial charge in [0.05, 0.1) is 5.92 Å². The van der Waals surface area contributed by atoms with E-state index < -0.39 is 11.9 Å². The Kier molecular flexibility index (Phi) is 4.20. The zero-order valence-corrected chi connectivity index (χ0v) is 9.68. The summed E-state index contributed by atoms with van der Waals surface area (Å²) in [5, 5.41) is 8.70. The van der Waals surface area contributed by atoms with Gasteiger partial charge in [0, 0.05) is 19.2 Å². The van der Waals surface area contributed by atoms with Gasteiger partial charge in [-0.2, -0.15) is 0 Å². The van der Waals surface area contributed by atoms with Crippen LogP contribution in [0.2, 0.25) is 0 Å². The van der Waals surface area contributed by atoms with Gasteiger partial charge in [0.15, 0.2) is 0 Å². The largest absolute Gasteiger partial charge is 0.481 e. The van der Waals surface area contributed by atoms with Crippen molar-refractivity contribution in [2.24, 2.45) is 5.92 Å². The molecule has 5 heteroatoms. The van der Waals surface area contributed by atoms with Crippen LogP contribution < -0.4 is 4.90 Å². The number of anilines is 1. The van der Waals surface area contributed by atoms with E-state index in [1.54, 1.807) is 0 Å². The molecule has 0 aliphatic rings. The molecule has 0 radical (unpaired) electrons. The molecule has 1 N–H and O–H groups in total. The molecule has 1 rings (SSSR count). The van der Waals surface area contributed by atoms with Gasteiger partial charge >= 0.3 is 5.97 Å². The normalized spacial score (nSPS) is 11.9. The van der Waals surface area contributed by atoms with Crippen LogP contribution in [-0.2, 0) is 9.59 Å². The molecule has 0 fully saturated rings. The van der Waals surface area contributed by atoms with Crippen molar-refractivity contribution in [1.82, 2.24) is 0 Å². The molecule has 1 amide bonds. The Morgan fingerprint density at radius 3 is 2.35 bits per heavy atom. The summed E-state index contributed by atoms with van der Waals surface area (Å²) in [4.78, 5) is 23.6. The van der Waals surface area contributed by atoms with Crippen molar-refractivity contribution in [2.75, 3.05) is 11.9 Å². The van der Waals surface area contributed by atoms with Gasteiger partial charge in [-0.3, -0.25) is 9.59 Å². The highest BCUT2D eigenvalue weighted by Gasteiger charge is 2.19. The summed E-state index contributed by atoms with van der Waals surface area (Å²) in [6, 6.07) is 5.44. The van der Waals surface area contributed by atoms with Crippen LogP contribution in [0, 0.1) is 11.7 Å². The number of benzene rings is 1. The summed E-state index contributed by atoms with van der Waals surface area (Å²) >= 11 is 0. The summed E-state index contributed by atoms with van der Waals surface area (Å²) in [5.41, 5.74) is 0.536. The maximum Gasteiger partial charge on any atom is 0.306 e. The second kappa shape index (κ2) is 5.43. The Bertz CT molecular complexity index is 416. The van der Waals surface area contributed by atoms with E-state index in [9.17, 15) is 14.0 Å². The molecule has 0 aliphatic carbocycles. The molecule has 1 aromatic carbocycles. The Morgan fingerprint density at radius 2 is 1.88 bits per heavy atom. The molecular formula is C12H14FNO3. The molecule has 4 nitrogen and oxygen atoms in total. The van der Waals surface area contributed by atoms with E-state index in [1.807, 2.05) is 0 Å². The predicted octanol–water partition coefficient (Wildman–Crippen LogP) is 1.90. The quantitative estimate of drug-likeness (QED) is 0.873. The van der Waals surface area contributed by atoms with E-state index in [0.717, 1.165) is 0 Å². The van der Waals surface area contributed by atoms with Crippen molar-refractivity contribution in [2.45, 2.75) is 13.3 Å². The minimum absolute atomic E-state index is 0.0801. The molecule has 0 saturated carbocycles. The van der Waals surface area contributed by atoms with Crippen molar-refractivity contribution >= 4 is 17.6 Å². The Labute approximate surface area is 98.7 Å². The molecule has 1 unspecified atom stereocenters. The molecule has 1 atom stereocenters. The fourth-order valence-corrected chi connectivity index (χ4v) is 1.29. The number of carboxylic acid groups (broad SMARTS) is 1. The van der Waals surface area contributed by atoms with Crippen molar-refractivity contribution in [3.63, 3.8) is 0 Å². The zero-order chi connectivity index (χ0) is 13.0. The van der Waals surface area contributed by atoms with Crippen LogP contribution >= 0.6 is 0 Å². The average Bonchev–Trinajstić information content (AvgIpc) is 2.28. The van der Waals surface area contributed by atoms with Crippen molar-refractivity contribution < 1.29 is 19.1 Å². The number of carbonyl (C=O) groups is 2. The monoisotopic (exact) mass is 239 g/mol. The fraction of sp³-hybridized carbons (Fsp3) is 0.333. The second-order valence-electron chi connectivity index (χ2n) is 3.87. The number of hydrogen-bond acceptors (Lipinski definition) is 2. The molecule has 0 spiro atoms. The van der Waals surface area contributed by atoms with Crippen molar-refractivity contribution in [3.8, 4) is 0 Å². The average molecular weight is 239 g/mol. The SMILES string of the molecule is CC(CC(=O)N(C)c1ccc(F)cc1)C(=O)O. The van der Waals surface area contributed by atoms with Gasteiger partial charge in [0.2, 0.25) is 5.91 Å². The number of rotatable bonds is 4. The minimum Gasteiger partial charge on any atom is -0.481 e. The van der Waals surface area contributed by atoms with E-state index in [0.29, 0.717) is 5.69 Å². The summed E-state index contributed by atoms with van der Waals surface area (Å²) in [7, 11) is 1.53. The first-order valence-corrected chi connectivity index (χ1v) is 5.16. The third-order valence-corrected chi connectivity index (χ3v) is 2.49. The van der Waals surface area contributed by atoms with Crippen molar-refractivity contribution in [1.29, 1.82) is 0 Å². The van der Waals surface area contributed by atoms with Crippen LogP contribution in [0.3, 0.4) is 0 Å². The lowest BCUT2D eigenvalue weighted by atomic mass is 10.1. The number of halogens is 1. The number of carboxylic acids is 1. The number of carbonyl (C=O) groups excluding carboxylic acids is 1. The van der Waals surface area contributed by atoms with Gasteiger partial charge in [-0.25, -0.2) is 4.39 Å². The van der Waals surface area contributed by atoms with Gasteiger partial charge in [-0.1, -0.05) is 6.92 Å². The standard InChI is InChI=1S/C12H14FNO3/c1-8(12(16)17)7-11(15)14(2)10-5-3-9(13)4-6-10/h3-6,8H,7H2,1-2H3,(H,16,17). The number of aliphatic carboxylic acids is 1. The molecule has 0 saturated heterocycles. The van der Waals surface area contributed by atoms with Gasteiger partial charge < -0.3 is 10.0 Å². The summed E-state index contributed by atoms with van der Waals surface area (Å²) in [5.74, 6) is -2.43. The first-order chi connectivity index (χ1) is 7.91. The number of hydrogen-bond donors (Lipinski definition) is 1. The smallest absolute Gasteiger partial charge is 0.306 e. The molecule has 0 aromatic heterocycles. The molecule has 0 aliphatic heterocycles. The van der Waals surface area contributed by atoms with Gasteiger partial charge in [-0.05, 0) is 24.3 Å². The second-order valence-corrected chi connectivity index (χ2v) is 3.87.